The second kappa shape index (κ2) is 10.6. The van der Waals surface area contributed by atoms with E-state index in [-0.39, 0.29) is 10.8 Å². The third kappa shape index (κ3) is 6.40. The van der Waals surface area contributed by atoms with Gasteiger partial charge in [-0.3, -0.25) is 9.98 Å². The lowest BCUT2D eigenvalue weighted by Crippen LogP contribution is -2.27. The van der Waals surface area contributed by atoms with Crippen LogP contribution >= 0.6 is 0 Å². The van der Waals surface area contributed by atoms with E-state index in [4.69, 9.17) is 9.98 Å². The van der Waals surface area contributed by atoms with E-state index in [0.717, 1.165) is 11.4 Å². The predicted octanol–water partition coefficient (Wildman–Crippen LogP) is 8.65. The molecule has 0 saturated carbocycles. The molecule has 0 atom stereocenters. The van der Waals surface area contributed by atoms with Gasteiger partial charge in [0.25, 0.3) is 0 Å². The zero-order chi connectivity index (χ0) is 25.0. The lowest BCUT2D eigenvalue weighted by Gasteiger charge is -2.27. The Morgan fingerprint density at radius 3 is 1.06 bits per heavy atom. The predicted molar refractivity (Wildman–Crippen MR) is 146 cm³/mol. The fraction of sp³-hybridized carbons (Fsp3) is 0.533. The van der Waals surface area contributed by atoms with Gasteiger partial charge in [-0.25, -0.2) is 0 Å². The first-order chi connectivity index (χ1) is 14.6. The minimum Gasteiger partial charge on any atom is -0.286 e. The summed E-state index contributed by atoms with van der Waals surface area (Å²) in [6.07, 6.45) is 8.94. The normalized spacial score (nSPS) is 20.8. The first kappa shape index (κ1) is 27.8. The van der Waals surface area contributed by atoms with Crippen LogP contribution in [0, 0.1) is 10.8 Å². The van der Waals surface area contributed by atoms with Crippen molar-refractivity contribution in [3.8, 4) is 0 Å². The van der Waals surface area contributed by atoms with Gasteiger partial charge in [0, 0.05) is 25.2 Å². The first-order valence-electron chi connectivity index (χ1n) is 11.7. The van der Waals surface area contributed by atoms with Gasteiger partial charge in [0.05, 0.1) is 11.4 Å². The molecular formula is C30H46N2. The van der Waals surface area contributed by atoms with Crippen LogP contribution in [0.15, 0.2) is 78.9 Å². The minimum absolute atomic E-state index is 0.161. The van der Waals surface area contributed by atoms with E-state index in [0.29, 0.717) is 0 Å². The van der Waals surface area contributed by atoms with Crippen molar-refractivity contribution in [1.29, 1.82) is 0 Å². The number of allylic oxidation sites excluding steroid dienone is 12. The van der Waals surface area contributed by atoms with Crippen LogP contribution in [0.3, 0.4) is 0 Å². The Hall–Kier alpha value is -2.22. The average molecular weight is 435 g/mol. The summed E-state index contributed by atoms with van der Waals surface area (Å²) < 4.78 is 0. The van der Waals surface area contributed by atoms with Gasteiger partial charge in [0.15, 0.2) is 0 Å². The second-order valence-electron chi connectivity index (χ2n) is 11.0. The van der Waals surface area contributed by atoms with Crippen molar-refractivity contribution in [1.82, 2.24) is 0 Å². The lowest BCUT2D eigenvalue weighted by atomic mass is 9.78. The Kier molecular flexibility index (Phi) is 9.21. The Morgan fingerprint density at radius 2 is 0.844 bits per heavy atom. The number of nitrogens with zero attached hydrogens (tertiary/aromatic N) is 2. The van der Waals surface area contributed by atoms with E-state index in [1.54, 1.807) is 0 Å². The summed E-state index contributed by atoms with van der Waals surface area (Å²) in [6, 6.07) is 0. The van der Waals surface area contributed by atoms with Crippen LogP contribution in [-0.2, 0) is 0 Å². The number of hydrogen-bond acceptors (Lipinski definition) is 2. The van der Waals surface area contributed by atoms with Gasteiger partial charge in [0.1, 0.15) is 0 Å². The van der Waals surface area contributed by atoms with Crippen molar-refractivity contribution in [3.05, 3.63) is 68.9 Å². The summed E-state index contributed by atoms with van der Waals surface area (Å²) in [4.78, 5) is 9.44. The molecule has 0 fully saturated rings. The summed E-state index contributed by atoms with van der Waals surface area (Å²) in [7, 11) is 3.75. The van der Waals surface area contributed by atoms with Crippen molar-refractivity contribution in [2.24, 2.45) is 20.8 Å². The third-order valence-corrected chi connectivity index (χ3v) is 6.78. The molecule has 0 N–H and O–H groups in total. The van der Waals surface area contributed by atoms with Crippen molar-refractivity contribution >= 4 is 11.4 Å². The molecule has 176 valence electrons. The van der Waals surface area contributed by atoms with Gasteiger partial charge in [-0.15, -0.1) is 0 Å². The monoisotopic (exact) mass is 434 g/mol. The summed E-state index contributed by atoms with van der Waals surface area (Å²) in [5.74, 6) is 0. The number of hydrogen-bond donors (Lipinski definition) is 0. The summed E-state index contributed by atoms with van der Waals surface area (Å²) in [5.41, 5.74) is 12.4. The highest BCUT2D eigenvalue weighted by atomic mass is 14.8. The minimum atomic E-state index is 0.161. The molecular weight excluding hydrogens is 388 g/mol. The van der Waals surface area contributed by atoms with Gasteiger partial charge in [0.2, 0.25) is 0 Å². The second-order valence-corrected chi connectivity index (χ2v) is 11.0. The summed E-state index contributed by atoms with van der Waals surface area (Å²) in [6.45, 7) is 26.7. The van der Waals surface area contributed by atoms with Crippen molar-refractivity contribution < 1.29 is 0 Å². The SMILES string of the molecule is C/N=C1/C(/C(C)=C/C=C(\C)C(C)(C)C)=C(C)C(C)=C(/C(C)=C/C=C(\C)C(C)(C)C)/C1=N/C. The Bertz CT molecular complexity index is 900. The van der Waals surface area contributed by atoms with Crippen LogP contribution in [0.25, 0.3) is 0 Å². The summed E-state index contributed by atoms with van der Waals surface area (Å²) >= 11 is 0. The molecule has 0 bridgehead atoms. The zero-order valence-electron chi connectivity index (χ0n) is 23.2. The number of rotatable bonds is 4. The molecule has 0 heterocycles. The molecule has 32 heavy (non-hydrogen) atoms. The highest BCUT2D eigenvalue weighted by Gasteiger charge is 2.28. The molecule has 1 aliphatic carbocycles. The highest BCUT2D eigenvalue weighted by Crippen LogP contribution is 2.35. The maximum absolute atomic E-state index is 4.72. The quantitative estimate of drug-likeness (QED) is 0.312. The van der Waals surface area contributed by atoms with Gasteiger partial charge in [-0.1, -0.05) is 77.0 Å². The molecule has 0 saturated heterocycles. The maximum Gasteiger partial charge on any atom is 0.0906 e. The number of aliphatic imine (C=N–C) groups is 2. The fourth-order valence-corrected chi connectivity index (χ4v) is 3.53. The largest absolute Gasteiger partial charge is 0.286 e. The molecule has 0 unspecified atom stereocenters. The van der Waals surface area contributed by atoms with Crippen LogP contribution in [0.4, 0.5) is 0 Å². The highest BCUT2D eigenvalue weighted by molar-refractivity contribution is 6.56. The average Bonchev–Trinajstić information content (AvgIpc) is 2.69. The van der Waals surface area contributed by atoms with E-state index < -0.39 is 0 Å². The Balaban J connectivity index is 3.73. The van der Waals surface area contributed by atoms with E-state index in [1.807, 2.05) is 14.1 Å². The molecule has 2 heteroatoms. The molecule has 0 aromatic carbocycles. The lowest BCUT2D eigenvalue weighted by molar-refractivity contribution is 0.504. The van der Waals surface area contributed by atoms with Gasteiger partial charge in [-0.05, 0) is 74.7 Å². The molecule has 1 aliphatic rings. The third-order valence-electron chi connectivity index (χ3n) is 6.78. The maximum atomic E-state index is 4.72. The first-order valence-corrected chi connectivity index (χ1v) is 11.7. The molecule has 0 aromatic heterocycles. The molecule has 0 spiro atoms. The van der Waals surface area contributed by atoms with Crippen molar-refractivity contribution in [2.75, 3.05) is 14.1 Å². The zero-order valence-corrected chi connectivity index (χ0v) is 23.2. The molecule has 2 nitrogen and oxygen atoms in total. The smallest absolute Gasteiger partial charge is 0.0906 e. The van der Waals surface area contributed by atoms with Crippen LogP contribution in [-0.4, -0.2) is 25.5 Å². The van der Waals surface area contributed by atoms with Gasteiger partial charge in [-0.2, -0.15) is 0 Å². The molecule has 0 radical (unpaired) electrons. The van der Waals surface area contributed by atoms with Crippen LogP contribution in [0.1, 0.15) is 83.1 Å². The van der Waals surface area contributed by atoms with E-state index in [9.17, 15) is 0 Å². The Morgan fingerprint density at radius 1 is 0.562 bits per heavy atom. The Labute approximate surface area is 198 Å². The molecule has 1 rings (SSSR count). The van der Waals surface area contributed by atoms with Gasteiger partial charge < -0.3 is 0 Å². The van der Waals surface area contributed by atoms with E-state index >= 15 is 0 Å². The van der Waals surface area contributed by atoms with Crippen molar-refractivity contribution in [2.45, 2.75) is 83.1 Å². The molecule has 0 amide bonds. The van der Waals surface area contributed by atoms with Crippen LogP contribution < -0.4 is 0 Å². The van der Waals surface area contributed by atoms with Crippen LogP contribution in [0.2, 0.25) is 0 Å². The topological polar surface area (TPSA) is 24.7 Å². The fourth-order valence-electron chi connectivity index (χ4n) is 3.53. The molecule has 0 aromatic rings. The van der Waals surface area contributed by atoms with Crippen LogP contribution in [0.5, 0.6) is 0 Å². The molecule has 0 aliphatic heterocycles. The van der Waals surface area contributed by atoms with E-state index in [2.05, 4.69) is 107 Å². The van der Waals surface area contributed by atoms with Gasteiger partial charge >= 0.3 is 0 Å². The van der Waals surface area contributed by atoms with Crippen molar-refractivity contribution in [3.63, 3.8) is 0 Å². The summed E-state index contributed by atoms with van der Waals surface area (Å²) in [5, 5.41) is 0. The van der Waals surface area contributed by atoms with E-state index in [1.165, 1.54) is 44.6 Å². The standard InChI is InChI=1S/C30H46N2/c1-19(15-17-21(3)29(7,8)9)25-23(5)24(6)26(28(32-14)27(25)31-13)20(2)16-18-22(4)30(10,11)12/h15-18H,1-14H3/b19-15+,20-16+,21-17+,22-18+,31-27-,32-28-.